The zero-order valence-electron chi connectivity index (χ0n) is 21.7. The van der Waals surface area contributed by atoms with Crippen LogP contribution < -0.4 is 15.4 Å². The van der Waals surface area contributed by atoms with Gasteiger partial charge in [0, 0.05) is 30.6 Å². The lowest BCUT2D eigenvalue weighted by molar-refractivity contribution is -0.124. The SMILES string of the molecule is COc1ccc(C(NC(=O)[C@H](Cc2cn(C)c3ccccc23)NC(=O)OC(C)(C)C)C(C)C)cc1. The Balaban J connectivity index is 1.88. The topological polar surface area (TPSA) is 81.6 Å². The van der Waals surface area contributed by atoms with Gasteiger partial charge in [0.05, 0.1) is 13.2 Å². The molecule has 0 radical (unpaired) electrons. The first-order chi connectivity index (χ1) is 16.5. The second kappa shape index (κ2) is 10.8. The Kier molecular flexibility index (Phi) is 8.10. The van der Waals surface area contributed by atoms with Crippen molar-refractivity contribution in [3.63, 3.8) is 0 Å². The third kappa shape index (κ3) is 6.78. The summed E-state index contributed by atoms with van der Waals surface area (Å²) in [5, 5.41) is 7.01. The lowest BCUT2D eigenvalue weighted by atomic mass is 9.95. The predicted molar refractivity (Wildman–Crippen MR) is 138 cm³/mol. The summed E-state index contributed by atoms with van der Waals surface area (Å²) >= 11 is 0. The molecule has 0 saturated heterocycles. The average Bonchev–Trinajstić information content (AvgIpc) is 3.11. The first-order valence-electron chi connectivity index (χ1n) is 11.9. The molecule has 1 heterocycles. The van der Waals surface area contributed by atoms with Crippen LogP contribution in [0, 0.1) is 5.92 Å². The fraction of sp³-hybridized carbons (Fsp3) is 0.429. The Hall–Kier alpha value is -3.48. The molecule has 1 unspecified atom stereocenters. The fourth-order valence-corrected chi connectivity index (χ4v) is 4.17. The number of para-hydroxylation sites is 1. The molecule has 0 aliphatic carbocycles. The predicted octanol–water partition coefficient (Wildman–Crippen LogP) is 5.14. The van der Waals surface area contributed by atoms with Gasteiger partial charge in [0.2, 0.25) is 5.91 Å². The molecule has 7 heteroatoms. The highest BCUT2D eigenvalue weighted by atomic mass is 16.6. The molecule has 2 atom stereocenters. The number of rotatable bonds is 8. The number of ether oxygens (including phenoxy) is 2. The zero-order valence-corrected chi connectivity index (χ0v) is 21.7. The second-order valence-electron chi connectivity index (χ2n) is 10.2. The minimum atomic E-state index is -0.810. The Labute approximate surface area is 207 Å². The molecule has 188 valence electrons. The number of alkyl carbamates (subject to hydrolysis) is 1. The molecule has 35 heavy (non-hydrogen) atoms. The number of fused-ring (bicyclic) bond motifs is 1. The Bertz CT molecular complexity index is 1160. The van der Waals surface area contributed by atoms with Crippen molar-refractivity contribution in [2.75, 3.05) is 7.11 Å². The molecule has 0 bridgehead atoms. The molecular formula is C28H37N3O4. The van der Waals surface area contributed by atoms with E-state index in [1.54, 1.807) is 27.9 Å². The van der Waals surface area contributed by atoms with Gasteiger partial charge in [0.25, 0.3) is 0 Å². The largest absolute Gasteiger partial charge is 0.497 e. The first-order valence-corrected chi connectivity index (χ1v) is 11.9. The van der Waals surface area contributed by atoms with Gasteiger partial charge in [0.1, 0.15) is 17.4 Å². The van der Waals surface area contributed by atoms with Crippen molar-refractivity contribution >= 4 is 22.9 Å². The van der Waals surface area contributed by atoms with E-state index in [0.717, 1.165) is 27.8 Å². The number of nitrogens with one attached hydrogen (secondary N) is 2. The lowest BCUT2D eigenvalue weighted by Gasteiger charge is -2.27. The van der Waals surface area contributed by atoms with Crippen LogP contribution in [0.1, 0.15) is 51.8 Å². The van der Waals surface area contributed by atoms with E-state index in [4.69, 9.17) is 9.47 Å². The third-order valence-corrected chi connectivity index (χ3v) is 5.85. The van der Waals surface area contributed by atoms with Crippen LogP contribution in [0.25, 0.3) is 10.9 Å². The van der Waals surface area contributed by atoms with E-state index in [0.29, 0.717) is 6.42 Å². The molecule has 0 fully saturated rings. The van der Waals surface area contributed by atoms with Gasteiger partial charge in [-0.3, -0.25) is 4.79 Å². The van der Waals surface area contributed by atoms with Crippen molar-refractivity contribution < 1.29 is 19.1 Å². The summed E-state index contributed by atoms with van der Waals surface area (Å²) in [5.41, 5.74) is 2.34. The van der Waals surface area contributed by atoms with Crippen LogP contribution in [0.15, 0.2) is 54.7 Å². The quantitative estimate of drug-likeness (QED) is 0.469. The summed E-state index contributed by atoms with van der Waals surface area (Å²) in [6.45, 7) is 9.49. The molecule has 2 amide bonds. The van der Waals surface area contributed by atoms with E-state index < -0.39 is 17.7 Å². The lowest BCUT2D eigenvalue weighted by Crippen LogP contribution is -2.50. The Morgan fingerprint density at radius 3 is 2.26 bits per heavy atom. The summed E-state index contributed by atoms with van der Waals surface area (Å²) in [6, 6.07) is 14.6. The van der Waals surface area contributed by atoms with Gasteiger partial charge in [-0.1, -0.05) is 44.2 Å². The highest BCUT2D eigenvalue weighted by Gasteiger charge is 2.28. The number of carbonyl (C=O) groups is 2. The molecule has 1 aromatic heterocycles. The van der Waals surface area contributed by atoms with Crippen LogP contribution in [0.5, 0.6) is 5.75 Å². The smallest absolute Gasteiger partial charge is 0.408 e. The molecule has 3 rings (SSSR count). The van der Waals surface area contributed by atoms with Gasteiger partial charge in [-0.25, -0.2) is 4.79 Å². The summed E-state index contributed by atoms with van der Waals surface area (Å²) < 4.78 is 12.8. The summed E-state index contributed by atoms with van der Waals surface area (Å²) in [4.78, 5) is 26.3. The molecule has 0 spiro atoms. The van der Waals surface area contributed by atoms with Gasteiger partial charge in [-0.2, -0.15) is 0 Å². The van der Waals surface area contributed by atoms with E-state index >= 15 is 0 Å². The number of benzene rings is 2. The second-order valence-corrected chi connectivity index (χ2v) is 10.2. The molecule has 2 N–H and O–H groups in total. The fourth-order valence-electron chi connectivity index (χ4n) is 4.17. The van der Waals surface area contributed by atoms with Crippen molar-refractivity contribution in [1.82, 2.24) is 15.2 Å². The Morgan fingerprint density at radius 1 is 1.00 bits per heavy atom. The van der Waals surface area contributed by atoms with Crippen LogP contribution in [-0.2, 0) is 23.0 Å². The molecule has 3 aromatic rings. The van der Waals surface area contributed by atoms with Crippen LogP contribution >= 0.6 is 0 Å². The van der Waals surface area contributed by atoms with Gasteiger partial charge in [-0.15, -0.1) is 0 Å². The number of hydrogen-bond donors (Lipinski definition) is 2. The number of methoxy groups -OCH3 is 1. The monoisotopic (exact) mass is 479 g/mol. The number of amides is 2. The van der Waals surface area contributed by atoms with Gasteiger partial charge in [-0.05, 0) is 56.0 Å². The van der Waals surface area contributed by atoms with Crippen molar-refractivity contribution in [3.8, 4) is 5.75 Å². The van der Waals surface area contributed by atoms with Crippen LogP contribution in [0.4, 0.5) is 4.79 Å². The maximum absolute atomic E-state index is 13.6. The number of nitrogens with zero attached hydrogens (tertiary/aromatic N) is 1. The van der Waals surface area contributed by atoms with E-state index in [-0.39, 0.29) is 17.9 Å². The van der Waals surface area contributed by atoms with Gasteiger partial charge >= 0.3 is 6.09 Å². The normalized spacial score (nSPS) is 13.4. The van der Waals surface area contributed by atoms with Gasteiger partial charge in [0.15, 0.2) is 0 Å². The minimum absolute atomic E-state index is 0.132. The summed E-state index contributed by atoms with van der Waals surface area (Å²) in [6.07, 6.45) is 1.72. The first kappa shape index (κ1) is 26.1. The van der Waals surface area contributed by atoms with Crippen LogP contribution in [0.3, 0.4) is 0 Å². The maximum atomic E-state index is 13.6. The van der Waals surface area contributed by atoms with Crippen molar-refractivity contribution in [3.05, 3.63) is 65.9 Å². The number of aromatic nitrogens is 1. The highest BCUT2D eigenvalue weighted by Crippen LogP contribution is 2.25. The minimum Gasteiger partial charge on any atom is -0.497 e. The van der Waals surface area contributed by atoms with Crippen molar-refractivity contribution in [1.29, 1.82) is 0 Å². The van der Waals surface area contributed by atoms with E-state index in [1.165, 1.54) is 0 Å². The third-order valence-electron chi connectivity index (χ3n) is 5.85. The maximum Gasteiger partial charge on any atom is 0.408 e. The van der Waals surface area contributed by atoms with Crippen molar-refractivity contribution in [2.45, 2.75) is 58.7 Å². The summed E-state index contributed by atoms with van der Waals surface area (Å²) in [7, 11) is 3.59. The molecule has 0 aliphatic rings. The van der Waals surface area contributed by atoms with Crippen LogP contribution in [0.2, 0.25) is 0 Å². The number of hydrogen-bond acceptors (Lipinski definition) is 4. The van der Waals surface area contributed by atoms with Crippen LogP contribution in [-0.4, -0.2) is 35.3 Å². The molecule has 0 saturated carbocycles. The average molecular weight is 480 g/mol. The summed E-state index contributed by atoms with van der Waals surface area (Å²) in [5.74, 6) is 0.619. The molecule has 2 aromatic carbocycles. The Morgan fingerprint density at radius 2 is 1.66 bits per heavy atom. The van der Waals surface area contributed by atoms with Gasteiger partial charge < -0.3 is 24.7 Å². The molecular weight excluding hydrogens is 442 g/mol. The molecule has 0 aliphatic heterocycles. The van der Waals surface area contributed by atoms with E-state index in [1.807, 2.05) is 66.3 Å². The van der Waals surface area contributed by atoms with Crippen molar-refractivity contribution in [2.24, 2.45) is 13.0 Å². The number of carbonyl (C=O) groups excluding carboxylic acids is 2. The standard InChI is InChI=1S/C28H37N3O4/c1-18(2)25(19-12-14-21(34-7)15-13-19)30-26(32)23(29-27(33)35-28(3,4)5)16-20-17-31(6)24-11-9-8-10-22(20)24/h8-15,17-18,23,25H,16H2,1-7H3,(H,29,33)(H,30,32)/t23-,25?/m0/s1. The van der Waals surface area contributed by atoms with E-state index in [2.05, 4.69) is 24.5 Å². The van der Waals surface area contributed by atoms with E-state index in [9.17, 15) is 9.59 Å². The highest BCUT2D eigenvalue weighted by molar-refractivity contribution is 5.89. The zero-order chi connectivity index (χ0) is 25.8. The molecule has 7 nitrogen and oxygen atoms in total. The number of aryl methyl sites for hydroxylation is 1.